The number of carboxylic acids is 1. The van der Waals surface area contributed by atoms with Crippen molar-refractivity contribution in [2.75, 3.05) is 6.54 Å². The van der Waals surface area contributed by atoms with Crippen molar-refractivity contribution in [3.63, 3.8) is 0 Å². The van der Waals surface area contributed by atoms with Crippen LogP contribution in [0.1, 0.15) is 51.4 Å². The minimum absolute atomic E-state index is 0.0736. The number of carbonyl (C=O) groups is 3. The van der Waals surface area contributed by atoms with E-state index in [0.29, 0.717) is 17.6 Å². The van der Waals surface area contributed by atoms with E-state index >= 15 is 0 Å². The molecule has 1 aromatic rings. The molecular weight excluding hydrogens is 318 g/mol. The Hall–Kier alpha value is -2.69. The number of imide groups is 1. The lowest BCUT2D eigenvalue weighted by atomic mass is 10.1. The molecule has 0 fully saturated rings. The third-order valence-corrected chi connectivity index (χ3v) is 3.38. The second-order valence-corrected chi connectivity index (χ2v) is 4.98. The van der Waals surface area contributed by atoms with Gasteiger partial charge in [-0.3, -0.25) is 14.5 Å². The molecule has 0 unspecified atom stereocenters. The van der Waals surface area contributed by atoms with E-state index in [2.05, 4.69) is 0 Å². The summed E-state index contributed by atoms with van der Waals surface area (Å²) >= 11 is 0. The van der Waals surface area contributed by atoms with Crippen LogP contribution in [0.3, 0.4) is 0 Å². The summed E-state index contributed by atoms with van der Waals surface area (Å²) in [7, 11) is 0. The molecule has 25 heavy (non-hydrogen) atoms. The summed E-state index contributed by atoms with van der Waals surface area (Å²) in [4.78, 5) is 36.5. The van der Waals surface area contributed by atoms with Gasteiger partial charge in [-0.05, 0) is 37.1 Å². The predicted octanol–water partition coefficient (Wildman–Crippen LogP) is 4.07. The molecule has 1 N–H and O–H groups in total. The first-order valence-corrected chi connectivity index (χ1v) is 8.37. The third-order valence-electron chi connectivity index (χ3n) is 3.38. The van der Waals surface area contributed by atoms with Crippen molar-refractivity contribution < 1.29 is 19.5 Å². The van der Waals surface area contributed by atoms with Gasteiger partial charge in [-0.2, -0.15) is 0 Å². The zero-order valence-corrected chi connectivity index (χ0v) is 15.6. The van der Waals surface area contributed by atoms with Crippen LogP contribution < -0.4 is 0 Å². The molecule has 0 aromatic heterocycles. The maximum atomic E-state index is 12.5. The van der Waals surface area contributed by atoms with E-state index in [-0.39, 0.29) is 18.0 Å². The number of hydrogen-bond donors (Lipinski definition) is 1. The van der Waals surface area contributed by atoms with Gasteiger partial charge in [0.25, 0.3) is 5.91 Å². The Bertz CT molecular complexity index is 645. The topological polar surface area (TPSA) is 74.7 Å². The van der Waals surface area contributed by atoms with E-state index in [4.69, 9.17) is 5.11 Å². The van der Waals surface area contributed by atoms with Gasteiger partial charge < -0.3 is 5.11 Å². The second-order valence-electron chi connectivity index (χ2n) is 4.98. The number of allylic oxidation sites excluding steroid dienone is 1. The smallest absolute Gasteiger partial charge is 0.335 e. The average Bonchev–Trinajstić information content (AvgIpc) is 2.63. The maximum absolute atomic E-state index is 12.5. The summed E-state index contributed by atoms with van der Waals surface area (Å²) in [6.45, 7) is 8.88. The van der Waals surface area contributed by atoms with Crippen LogP contribution in [0.2, 0.25) is 0 Å². The number of aliphatic carboxylic acids is 1. The van der Waals surface area contributed by atoms with Crippen LogP contribution in [0.25, 0.3) is 0 Å². The first-order valence-electron chi connectivity index (χ1n) is 8.37. The first-order chi connectivity index (χ1) is 11.9. The van der Waals surface area contributed by atoms with Gasteiger partial charge in [0.05, 0.1) is 12.1 Å². The van der Waals surface area contributed by atoms with Gasteiger partial charge in [-0.15, -0.1) is 0 Å². The highest BCUT2D eigenvalue weighted by atomic mass is 16.4. The van der Waals surface area contributed by atoms with E-state index in [1.54, 1.807) is 37.3 Å². The molecule has 1 aromatic carbocycles. The van der Waals surface area contributed by atoms with Crippen molar-refractivity contribution in [1.82, 2.24) is 4.90 Å². The van der Waals surface area contributed by atoms with Crippen LogP contribution in [0.4, 0.5) is 0 Å². The quantitative estimate of drug-likeness (QED) is 0.623. The number of amides is 2. The van der Waals surface area contributed by atoms with E-state index in [9.17, 15) is 14.4 Å². The lowest BCUT2D eigenvalue weighted by molar-refractivity contribution is -0.132. The molecular formula is C20H27NO4. The molecule has 5 heteroatoms. The summed E-state index contributed by atoms with van der Waals surface area (Å²) in [5.41, 5.74) is 1.25. The average molecular weight is 345 g/mol. The lowest BCUT2D eigenvalue weighted by Gasteiger charge is -2.20. The molecule has 2 amide bonds. The van der Waals surface area contributed by atoms with Crippen LogP contribution >= 0.6 is 0 Å². The van der Waals surface area contributed by atoms with Crippen LogP contribution in [0.5, 0.6) is 0 Å². The van der Waals surface area contributed by atoms with E-state index in [1.807, 2.05) is 20.8 Å². The molecule has 1 rings (SSSR count). The second kappa shape index (κ2) is 11.8. The first kappa shape index (κ1) is 22.3. The Morgan fingerprint density at radius 3 is 2.08 bits per heavy atom. The van der Waals surface area contributed by atoms with Gasteiger partial charge in [-0.1, -0.05) is 45.0 Å². The standard InChI is InChI=1S/C18H21NO4.C2H6/c1-4-14(11-15(5-2)18(22)23)12-19(13(3)20)17(21)16-9-7-6-8-10-16;1-2/h5-11H,4,12H2,1-3H3,(H,22,23);1-2H3/b14-11+,15-5+;. The molecule has 0 saturated heterocycles. The third kappa shape index (κ3) is 7.16. The number of carboxylic acid groups (broad SMARTS) is 1. The number of hydrogen-bond acceptors (Lipinski definition) is 3. The largest absolute Gasteiger partial charge is 0.478 e. The highest BCUT2D eigenvalue weighted by Gasteiger charge is 2.20. The molecule has 0 saturated carbocycles. The number of nitrogens with zero attached hydrogens (tertiary/aromatic N) is 1. The van der Waals surface area contributed by atoms with Gasteiger partial charge in [0.15, 0.2) is 0 Å². The normalized spacial score (nSPS) is 11.2. The molecule has 0 radical (unpaired) electrons. The molecule has 0 aliphatic rings. The zero-order chi connectivity index (χ0) is 19.4. The lowest BCUT2D eigenvalue weighted by Crippen LogP contribution is -2.36. The van der Waals surface area contributed by atoms with E-state index < -0.39 is 11.9 Å². The van der Waals surface area contributed by atoms with Crippen LogP contribution in [0.15, 0.2) is 53.6 Å². The predicted molar refractivity (Wildman–Crippen MR) is 99.3 cm³/mol. The van der Waals surface area contributed by atoms with Crippen molar-refractivity contribution in [3.8, 4) is 0 Å². The highest BCUT2D eigenvalue weighted by Crippen LogP contribution is 2.13. The van der Waals surface area contributed by atoms with Crippen LogP contribution in [0, 0.1) is 0 Å². The summed E-state index contributed by atoms with van der Waals surface area (Å²) in [5, 5.41) is 9.09. The minimum atomic E-state index is -1.04. The van der Waals surface area contributed by atoms with Crippen molar-refractivity contribution >= 4 is 17.8 Å². The van der Waals surface area contributed by atoms with Crippen LogP contribution in [-0.2, 0) is 9.59 Å². The molecule has 5 nitrogen and oxygen atoms in total. The fourth-order valence-electron chi connectivity index (χ4n) is 2.01. The molecule has 0 aliphatic heterocycles. The maximum Gasteiger partial charge on any atom is 0.335 e. The Labute approximate surface area is 149 Å². The van der Waals surface area contributed by atoms with Crippen molar-refractivity contribution in [2.45, 2.75) is 41.0 Å². The van der Waals surface area contributed by atoms with E-state index in [1.165, 1.54) is 19.1 Å². The zero-order valence-electron chi connectivity index (χ0n) is 15.6. The fourth-order valence-corrected chi connectivity index (χ4v) is 2.01. The summed E-state index contributed by atoms with van der Waals surface area (Å²) in [5.74, 6) is -1.81. The van der Waals surface area contributed by atoms with Gasteiger partial charge >= 0.3 is 5.97 Å². The number of carbonyl (C=O) groups excluding carboxylic acids is 2. The van der Waals surface area contributed by atoms with Crippen molar-refractivity contribution in [3.05, 3.63) is 59.2 Å². The fraction of sp³-hybridized carbons (Fsp3) is 0.350. The van der Waals surface area contributed by atoms with Crippen molar-refractivity contribution in [2.24, 2.45) is 0 Å². The summed E-state index contributed by atoms with van der Waals surface area (Å²) < 4.78 is 0. The van der Waals surface area contributed by atoms with Gasteiger partial charge in [0, 0.05) is 12.5 Å². The molecule has 136 valence electrons. The molecule has 0 atom stereocenters. The monoisotopic (exact) mass is 345 g/mol. The van der Waals surface area contributed by atoms with Gasteiger partial charge in [0.1, 0.15) is 0 Å². The Kier molecular flexibility index (Phi) is 10.5. The summed E-state index contributed by atoms with van der Waals surface area (Å²) in [6.07, 6.45) is 3.53. The Balaban J connectivity index is 0.00000277. The van der Waals surface area contributed by atoms with Crippen LogP contribution in [-0.4, -0.2) is 34.3 Å². The molecule has 0 aliphatic carbocycles. The number of benzene rings is 1. The minimum Gasteiger partial charge on any atom is -0.478 e. The SMILES string of the molecule is C/C=C(\C=C(/CC)CN(C(C)=O)C(=O)c1ccccc1)C(=O)O.CC. The number of rotatable bonds is 6. The molecule has 0 heterocycles. The van der Waals surface area contributed by atoms with Crippen molar-refractivity contribution in [1.29, 1.82) is 0 Å². The van der Waals surface area contributed by atoms with Gasteiger partial charge in [-0.25, -0.2) is 4.79 Å². The highest BCUT2D eigenvalue weighted by molar-refractivity contribution is 6.04. The Morgan fingerprint density at radius 2 is 1.68 bits per heavy atom. The Morgan fingerprint density at radius 1 is 1.12 bits per heavy atom. The van der Waals surface area contributed by atoms with Gasteiger partial charge in [0.2, 0.25) is 5.91 Å². The molecule has 0 bridgehead atoms. The molecule has 0 spiro atoms. The summed E-state index contributed by atoms with van der Waals surface area (Å²) in [6, 6.07) is 8.52. The van der Waals surface area contributed by atoms with E-state index in [0.717, 1.165) is 4.90 Å².